The van der Waals surface area contributed by atoms with E-state index in [-0.39, 0.29) is 24.5 Å². The Morgan fingerprint density at radius 2 is 1.78 bits per heavy atom. The molecule has 0 aromatic heterocycles. The summed E-state index contributed by atoms with van der Waals surface area (Å²) >= 11 is 12.6. The van der Waals surface area contributed by atoms with Gasteiger partial charge in [-0.3, -0.25) is 4.79 Å². The lowest BCUT2D eigenvalue weighted by Gasteiger charge is -2.30. The van der Waals surface area contributed by atoms with Gasteiger partial charge in [0.2, 0.25) is 0 Å². The third kappa shape index (κ3) is 7.11. The molecule has 1 unspecified atom stereocenters. The third-order valence-corrected chi connectivity index (χ3v) is 6.48. The molecular formula is C29H32Cl2N2O4. The minimum atomic E-state index is -0.917. The summed E-state index contributed by atoms with van der Waals surface area (Å²) in [6, 6.07) is 18.2. The molecule has 37 heavy (non-hydrogen) atoms. The molecule has 1 heterocycles. The number of carbonyl (C=O) groups is 2. The number of ether oxygens (including phenoxy) is 1. The van der Waals surface area contributed by atoms with Gasteiger partial charge in [0.1, 0.15) is 12.7 Å². The molecule has 0 radical (unpaired) electrons. The summed E-state index contributed by atoms with van der Waals surface area (Å²) in [4.78, 5) is 25.2. The van der Waals surface area contributed by atoms with Crippen LogP contribution in [0.25, 0.3) is 0 Å². The van der Waals surface area contributed by atoms with E-state index in [1.54, 1.807) is 23.1 Å². The van der Waals surface area contributed by atoms with Crippen molar-refractivity contribution in [3.05, 3.63) is 98.5 Å². The van der Waals surface area contributed by atoms with Crippen molar-refractivity contribution < 1.29 is 19.4 Å². The second-order valence-electron chi connectivity index (χ2n) is 10.1. The normalized spacial score (nSPS) is 15.4. The van der Waals surface area contributed by atoms with Crippen molar-refractivity contribution in [2.24, 2.45) is 11.1 Å². The number of amides is 1. The molecule has 1 aliphatic rings. The number of aryl methyl sites for hydroxylation is 1. The number of carboxylic acids is 1. The first-order valence-corrected chi connectivity index (χ1v) is 12.7. The highest BCUT2D eigenvalue weighted by atomic mass is 35.5. The Bertz CT molecular complexity index is 1290. The van der Waals surface area contributed by atoms with Gasteiger partial charge in [-0.2, -0.15) is 0 Å². The van der Waals surface area contributed by atoms with Gasteiger partial charge < -0.3 is 20.5 Å². The number of halogens is 2. The van der Waals surface area contributed by atoms with Gasteiger partial charge in [-0.15, -0.1) is 0 Å². The standard InChI is InChI=1S/C20H21Cl2NO2.C9H11NO2/c1-20(2,3)12-23-17-9-8-13(21)10-15(17)19(25-11-18(23)24)14-6-4-5-7-16(14)22;1-6-3-2-4-7(9(11)12)8(6)5-10/h4-10,19H,11-12H2,1-3H3;2-4H,5,10H2,1H3,(H,11,12). The first kappa shape index (κ1) is 28.7. The molecule has 0 fully saturated rings. The molecule has 4 rings (SSSR count). The van der Waals surface area contributed by atoms with Gasteiger partial charge in [-0.25, -0.2) is 4.79 Å². The molecule has 1 aliphatic heterocycles. The van der Waals surface area contributed by atoms with Gasteiger partial charge in [0.15, 0.2) is 0 Å². The van der Waals surface area contributed by atoms with Crippen LogP contribution in [0.5, 0.6) is 0 Å². The molecule has 196 valence electrons. The Labute approximate surface area is 227 Å². The highest BCUT2D eigenvalue weighted by Crippen LogP contribution is 2.40. The molecule has 6 nitrogen and oxygen atoms in total. The lowest BCUT2D eigenvalue weighted by Crippen LogP contribution is -2.39. The van der Waals surface area contributed by atoms with Crippen LogP contribution in [0.1, 0.15) is 59.5 Å². The lowest BCUT2D eigenvalue weighted by atomic mass is 9.94. The van der Waals surface area contributed by atoms with Crippen LogP contribution in [0.15, 0.2) is 60.7 Å². The fraction of sp³-hybridized carbons (Fsp3) is 0.310. The lowest BCUT2D eigenvalue weighted by molar-refractivity contribution is -0.124. The molecule has 0 spiro atoms. The first-order chi connectivity index (χ1) is 17.4. The van der Waals surface area contributed by atoms with Crippen LogP contribution in [-0.4, -0.2) is 30.1 Å². The molecule has 0 bridgehead atoms. The van der Waals surface area contributed by atoms with E-state index in [2.05, 4.69) is 20.8 Å². The smallest absolute Gasteiger partial charge is 0.336 e. The second kappa shape index (κ2) is 12.1. The number of benzene rings is 3. The fourth-order valence-corrected chi connectivity index (χ4v) is 4.62. The van der Waals surface area contributed by atoms with Crippen LogP contribution < -0.4 is 10.6 Å². The minimum absolute atomic E-state index is 0.00172. The molecule has 3 aromatic rings. The minimum Gasteiger partial charge on any atom is -0.478 e. The summed E-state index contributed by atoms with van der Waals surface area (Å²) in [5.41, 5.74) is 9.84. The van der Waals surface area contributed by atoms with Gasteiger partial charge >= 0.3 is 5.97 Å². The summed E-state index contributed by atoms with van der Waals surface area (Å²) in [5, 5.41) is 9.97. The van der Waals surface area contributed by atoms with Gasteiger partial charge in [-0.05, 0) is 53.8 Å². The Morgan fingerprint density at radius 1 is 1.08 bits per heavy atom. The van der Waals surface area contributed by atoms with Crippen molar-refractivity contribution in [2.45, 2.75) is 40.3 Å². The van der Waals surface area contributed by atoms with Gasteiger partial charge in [0.25, 0.3) is 5.91 Å². The zero-order valence-corrected chi connectivity index (χ0v) is 22.9. The van der Waals surface area contributed by atoms with E-state index in [4.69, 9.17) is 38.8 Å². The van der Waals surface area contributed by atoms with Crippen molar-refractivity contribution >= 4 is 40.8 Å². The monoisotopic (exact) mass is 542 g/mol. The Balaban J connectivity index is 0.000000266. The average Bonchev–Trinajstić information content (AvgIpc) is 2.95. The Hall–Kier alpha value is -2.90. The number of aromatic carboxylic acids is 1. The van der Waals surface area contributed by atoms with Crippen molar-refractivity contribution in [2.75, 3.05) is 18.1 Å². The fourth-order valence-electron chi connectivity index (χ4n) is 4.20. The van der Waals surface area contributed by atoms with E-state index in [0.29, 0.717) is 27.7 Å². The van der Waals surface area contributed by atoms with E-state index in [1.807, 2.05) is 49.4 Å². The molecule has 0 saturated heterocycles. The number of hydrogen-bond donors (Lipinski definition) is 2. The topological polar surface area (TPSA) is 92.9 Å². The van der Waals surface area contributed by atoms with Crippen LogP contribution in [0.3, 0.4) is 0 Å². The predicted molar refractivity (Wildman–Crippen MR) is 149 cm³/mol. The second-order valence-corrected chi connectivity index (χ2v) is 10.9. The molecule has 1 amide bonds. The van der Waals surface area contributed by atoms with Crippen molar-refractivity contribution in [1.82, 2.24) is 0 Å². The quantitative estimate of drug-likeness (QED) is 0.385. The summed E-state index contributed by atoms with van der Waals surface area (Å²) < 4.78 is 5.97. The van der Waals surface area contributed by atoms with Crippen molar-refractivity contribution in [3.63, 3.8) is 0 Å². The van der Waals surface area contributed by atoms with E-state index < -0.39 is 12.1 Å². The maximum atomic E-state index is 12.7. The number of carbonyl (C=O) groups excluding carboxylic acids is 1. The van der Waals surface area contributed by atoms with Crippen LogP contribution in [-0.2, 0) is 16.1 Å². The maximum absolute atomic E-state index is 12.7. The molecule has 3 aromatic carbocycles. The van der Waals surface area contributed by atoms with Crippen LogP contribution in [0.4, 0.5) is 5.69 Å². The number of nitrogens with two attached hydrogens (primary N) is 1. The Kier molecular flexibility index (Phi) is 9.37. The molecule has 0 saturated carbocycles. The third-order valence-electron chi connectivity index (χ3n) is 5.90. The summed E-state index contributed by atoms with van der Waals surface area (Å²) in [6.45, 7) is 9.04. The predicted octanol–water partition coefficient (Wildman–Crippen LogP) is 6.64. The van der Waals surface area contributed by atoms with E-state index in [0.717, 1.165) is 22.4 Å². The van der Waals surface area contributed by atoms with Crippen molar-refractivity contribution in [3.8, 4) is 0 Å². The van der Waals surface area contributed by atoms with E-state index in [9.17, 15) is 9.59 Å². The van der Waals surface area contributed by atoms with Crippen molar-refractivity contribution in [1.29, 1.82) is 0 Å². The number of carboxylic acid groups (broad SMARTS) is 1. The summed E-state index contributed by atoms with van der Waals surface area (Å²) in [6.07, 6.45) is -0.434. The average molecular weight is 543 g/mol. The molecule has 1 atom stereocenters. The molecule has 8 heteroatoms. The zero-order chi connectivity index (χ0) is 27.3. The van der Waals surface area contributed by atoms with E-state index >= 15 is 0 Å². The summed E-state index contributed by atoms with van der Waals surface area (Å²) in [5.74, 6) is -0.979. The summed E-state index contributed by atoms with van der Waals surface area (Å²) in [7, 11) is 0. The van der Waals surface area contributed by atoms with Gasteiger partial charge in [0, 0.05) is 39.9 Å². The number of rotatable bonds is 4. The number of nitrogens with zero attached hydrogens (tertiary/aromatic N) is 1. The highest BCUT2D eigenvalue weighted by molar-refractivity contribution is 6.31. The first-order valence-electron chi connectivity index (χ1n) is 11.9. The zero-order valence-electron chi connectivity index (χ0n) is 21.4. The largest absolute Gasteiger partial charge is 0.478 e. The molecular weight excluding hydrogens is 511 g/mol. The van der Waals surface area contributed by atoms with E-state index in [1.165, 1.54) is 0 Å². The SMILES string of the molecule is CC(C)(C)CN1C(=O)COC(c2ccccc2Cl)c2cc(Cl)ccc21.Cc1cccc(C(=O)O)c1CN. The number of anilines is 1. The van der Waals surface area contributed by atoms with Gasteiger partial charge in [-0.1, -0.05) is 74.3 Å². The van der Waals surface area contributed by atoms with Gasteiger partial charge in [0.05, 0.1) is 5.56 Å². The number of hydrogen-bond acceptors (Lipinski definition) is 4. The number of fused-ring (bicyclic) bond motifs is 1. The van der Waals surface area contributed by atoms with Crippen LogP contribution in [0, 0.1) is 12.3 Å². The molecule has 0 aliphatic carbocycles. The van der Waals surface area contributed by atoms with Crippen LogP contribution >= 0.6 is 23.2 Å². The van der Waals surface area contributed by atoms with Crippen LogP contribution in [0.2, 0.25) is 10.0 Å². The highest BCUT2D eigenvalue weighted by Gasteiger charge is 2.32. The Morgan fingerprint density at radius 3 is 2.38 bits per heavy atom. The molecule has 3 N–H and O–H groups in total. The maximum Gasteiger partial charge on any atom is 0.336 e.